The first kappa shape index (κ1) is 19.1. The predicted octanol–water partition coefficient (Wildman–Crippen LogP) is 3.09. The lowest BCUT2D eigenvalue weighted by Crippen LogP contribution is -2.38. The second-order valence-corrected chi connectivity index (χ2v) is 4.23. The van der Waals surface area contributed by atoms with E-state index in [1.807, 2.05) is 0 Å². The smallest absolute Gasteiger partial charge is 0.190 e. The average Bonchev–Trinajstić information content (AvgIpc) is 2.40. The second-order valence-electron chi connectivity index (χ2n) is 4.23. The van der Waals surface area contributed by atoms with Crippen molar-refractivity contribution >= 4 is 29.9 Å². The van der Waals surface area contributed by atoms with Gasteiger partial charge < -0.3 is 10.6 Å². The van der Waals surface area contributed by atoms with Crippen LogP contribution in [0, 0.1) is 11.6 Å². The maximum Gasteiger partial charge on any atom is 0.190 e. The van der Waals surface area contributed by atoms with Crippen LogP contribution in [0.2, 0.25) is 0 Å². The van der Waals surface area contributed by atoms with Crippen LogP contribution in [0.3, 0.4) is 0 Å². The molecule has 0 aliphatic rings. The molecule has 6 heteroatoms. The molecule has 0 unspecified atom stereocenters. The molecule has 0 heterocycles. The summed E-state index contributed by atoms with van der Waals surface area (Å²) in [4.78, 5) is 4.04. The summed E-state index contributed by atoms with van der Waals surface area (Å²) in [6.45, 7) is 3.38. The normalized spacial score (nSPS) is 10.9. The summed E-state index contributed by atoms with van der Waals surface area (Å²) >= 11 is 0. The molecule has 2 N–H and O–H groups in total. The van der Waals surface area contributed by atoms with Gasteiger partial charge in [-0.15, -0.1) is 24.0 Å². The van der Waals surface area contributed by atoms with Crippen molar-refractivity contribution < 1.29 is 8.78 Å². The zero-order valence-corrected chi connectivity index (χ0v) is 14.2. The molecule has 114 valence electrons. The lowest BCUT2D eigenvalue weighted by Gasteiger charge is -2.12. The van der Waals surface area contributed by atoms with Gasteiger partial charge in [-0.05, 0) is 25.0 Å². The molecule has 0 fully saturated rings. The van der Waals surface area contributed by atoms with Gasteiger partial charge in [-0.25, -0.2) is 8.78 Å². The van der Waals surface area contributed by atoms with Gasteiger partial charge in [0.05, 0.1) is 0 Å². The van der Waals surface area contributed by atoms with Crippen molar-refractivity contribution in [2.24, 2.45) is 4.99 Å². The van der Waals surface area contributed by atoms with Crippen LogP contribution in [-0.2, 0) is 6.42 Å². The zero-order valence-electron chi connectivity index (χ0n) is 11.9. The maximum absolute atomic E-state index is 13.4. The number of unbranched alkanes of at least 4 members (excludes halogenated alkanes) is 1. The lowest BCUT2D eigenvalue weighted by atomic mass is 10.1. The van der Waals surface area contributed by atoms with Crippen molar-refractivity contribution in [1.29, 1.82) is 0 Å². The molecule has 20 heavy (non-hydrogen) atoms. The van der Waals surface area contributed by atoms with Crippen molar-refractivity contribution in [3.8, 4) is 0 Å². The molecule has 1 aromatic rings. The number of nitrogens with zero attached hydrogens (tertiary/aromatic N) is 1. The van der Waals surface area contributed by atoms with E-state index >= 15 is 0 Å². The van der Waals surface area contributed by atoms with Gasteiger partial charge >= 0.3 is 0 Å². The highest BCUT2D eigenvalue weighted by Crippen LogP contribution is 2.11. The van der Waals surface area contributed by atoms with Crippen LogP contribution in [0.1, 0.15) is 25.3 Å². The third kappa shape index (κ3) is 6.49. The van der Waals surface area contributed by atoms with Gasteiger partial charge in [0.15, 0.2) is 5.96 Å². The first-order chi connectivity index (χ1) is 9.19. The van der Waals surface area contributed by atoms with Crippen molar-refractivity contribution in [1.82, 2.24) is 10.6 Å². The molecule has 0 bridgehead atoms. The van der Waals surface area contributed by atoms with Crippen LogP contribution < -0.4 is 10.6 Å². The molecular weight excluding hydrogens is 375 g/mol. The monoisotopic (exact) mass is 397 g/mol. The predicted molar refractivity (Wildman–Crippen MR) is 89.7 cm³/mol. The maximum atomic E-state index is 13.4. The van der Waals surface area contributed by atoms with Crippen LogP contribution in [0.25, 0.3) is 0 Å². The van der Waals surface area contributed by atoms with E-state index in [4.69, 9.17) is 0 Å². The SMILES string of the molecule is CCCCNC(=NC)NCCc1c(F)cccc1F.I. The number of benzene rings is 1. The van der Waals surface area contributed by atoms with E-state index in [-0.39, 0.29) is 36.0 Å². The Morgan fingerprint density at radius 3 is 2.30 bits per heavy atom. The first-order valence-corrected chi connectivity index (χ1v) is 6.56. The summed E-state index contributed by atoms with van der Waals surface area (Å²) in [6, 6.07) is 3.91. The Morgan fingerprint density at radius 1 is 1.15 bits per heavy atom. The van der Waals surface area contributed by atoms with Crippen LogP contribution in [0.15, 0.2) is 23.2 Å². The second kappa shape index (κ2) is 10.8. The Labute approximate surface area is 136 Å². The Hall–Kier alpha value is -0.920. The summed E-state index contributed by atoms with van der Waals surface area (Å²) in [5.41, 5.74) is 0.110. The summed E-state index contributed by atoms with van der Waals surface area (Å²) < 4.78 is 26.8. The molecule has 0 radical (unpaired) electrons. The van der Waals surface area contributed by atoms with Crippen LogP contribution in [0.4, 0.5) is 8.78 Å². The van der Waals surface area contributed by atoms with Crippen molar-refractivity contribution in [2.45, 2.75) is 26.2 Å². The summed E-state index contributed by atoms with van der Waals surface area (Å²) in [7, 11) is 1.67. The number of aliphatic imine (C=N–C) groups is 1. The summed E-state index contributed by atoms with van der Waals surface area (Å²) in [5, 5.41) is 6.17. The Bertz CT molecular complexity index is 405. The molecule has 1 rings (SSSR count). The standard InChI is InChI=1S/C14H21F2N3.HI/c1-3-4-9-18-14(17-2)19-10-8-11-12(15)6-5-7-13(11)16;/h5-7H,3-4,8-10H2,1-2H3,(H2,17,18,19);1H. The fourth-order valence-electron chi connectivity index (χ4n) is 1.68. The van der Waals surface area contributed by atoms with Crippen molar-refractivity contribution in [3.05, 3.63) is 35.4 Å². The van der Waals surface area contributed by atoms with E-state index < -0.39 is 11.6 Å². The third-order valence-corrected chi connectivity index (χ3v) is 2.78. The molecule has 0 saturated heterocycles. The van der Waals surface area contributed by atoms with Crippen LogP contribution in [-0.4, -0.2) is 26.1 Å². The summed E-state index contributed by atoms with van der Waals surface area (Å²) in [5.74, 6) is -0.350. The third-order valence-electron chi connectivity index (χ3n) is 2.78. The van der Waals surface area contributed by atoms with E-state index in [1.54, 1.807) is 7.05 Å². The molecule has 0 amide bonds. The molecule has 0 spiro atoms. The fraction of sp³-hybridized carbons (Fsp3) is 0.500. The van der Waals surface area contributed by atoms with Gasteiger partial charge in [0.1, 0.15) is 11.6 Å². The van der Waals surface area contributed by atoms with Crippen molar-refractivity contribution in [2.75, 3.05) is 20.1 Å². The lowest BCUT2D eigenvalue weighted by molar-refractivity contribution is 0.553. The van der Waals surface area contributed by atoms with Gasteiger partial charge in [-0.3, -0.25) is 4.99 Å². The van der Waals surface area contributed by atoms with E-state index in [9.17, 15) is 8.78 Å². The van der Waals surface area contributed by atoms with Crippen LogP contribution >= 0.6 is 24.0 Å². The number of hydrogen-bond donors (Lipinski definition) is 2. The van der Waals surface area contributed by atoms with Gasteiger partial charge in [0.2, 0.25) is 0 Å². The number of rotatable bonds is 6. The van der Waals surface area contributed by atoms with E-state index in [1.165, 1.54) is 18.2 Å². The average molecular weight is 397 g/mol. The van der Waals surface area contributed by atoms with Crippen LogP contribution in [0.5, 0.6) is 0 Å². The van der Waals surface area contributed by atoms with Crippen molar-refractivity contribution in [3.63, 3.8) is 0 Å². The molecule has 0 saturated carbocycles. The molecular formula is C14H22F2IN3. The molecule has 0 aliphatic heterocycles. The van der Waals surface area contributed by atoms with E-state index in [0.29, 0.717) is 12.5 Å². The minimum Gasteiger partial charge on any atom is -0.356 e. The number of hydrogen-bond acceptors (Lipinski definition) is 1. The highest BCUT2D eigenvalue weighted by Gasteiger charge is 2.07. The Morgan fingerprint density at radius 2 is 1.75 bits per heavy atom. The highest BCUT2D eigenvalue weighted by atomic mass is 127. The van der Waals surface area contributed by atoms with E-state index in [0.717, 1.165) is 19.4 Å². The molecule has 0 atom stereocenters. The molecule has 0 aromatic heterocycles. The summed E-state index contributed by atoms with van der Waals surface area (Å²) in [6.07, 6.45) is 2.44. The number of guanidine groups is 1. The van der Waals surface area contributed by atoms with Gasteiger partial charge in [0, 0.05) is 25.7 Å². The van der Waals surface area contributed by atoms with E-state index in [2.05, 4.69) is 22.5 Å². The van der Waals surface area contributed by atoms with Gasteiger partial charge in [-0.2, -0.15) is 0 Å². The number of nitrogens with one attached hydrogen (secondary N) is 2. The molecule has 1 aromatic carbocycles. The first-order valence-electron chi connectivity index (χ1n) is 6.56. The van der Waals surface area contributed by atoms with Gasteiger partial charge in [0.25, 0.3) is 0 Å². The largest absolute Gasteiger partial charge is 0.356 e. The quantitative estimate of drug-likeness (QED) is 0.335. The highest BCUT2D eigenvalue weighted by molar-refractivity contribution is 14.0. The fourth-order valence-corrected chi connectivity index (χ4v) is 1.68. The molecule has 3 nitrogen and oxygen atoms in total. The Balaban J connectivity index is 0.00000361. The number of halogens is 3. The topological polar surface area (TPSA) is 36.4 Å². The Kier molecular flexibility index (Phi) is 10.3. The molecule has 0 aliphatic carbocycles. The minimum absolute atomic E-state index is 0. The van der Waals surface area contributed by atoms with Gasteiger partial charge in [-0.1, -0.05) is 19.4 Å². The zero-order chi connectivity index (χ0) is 14.1. The minimum atomic E-state index is -0.504.